The molecule has 2 aromatic rings. The van der Waals surface area contributed by atoms with Gasteiger partial charge >= 0.3 is 5.97 Å². The summed E-state index contributed by atoms with van der Waals surface area (Å²) < 4.78 is 0.990. The van der Waals surface area contributed by atoms with Gasteiger partial charge in [-0.3, -0.25) is 10.1 Å². The average Bonchev–Trinajstić information content (AvgIpc) is 2.50. The van der Waals surface area contributed by atoms with Gasteiger partial charge in [0.15, 0.2) is 5.11 Å². The Bertz CT molecular complexity index is 828. The van der Waals surface area contributed by atoms with Crippen LogP contribution in [0.3, 0.4) is 0 Å². The van der Waals surface area contributed by atoms with Gasteiger partial charge in [0.05, 0.1) is 16.3 Å². The fourth-order valence-electron chi connectivity index (χ4n) is 1.79. The maximum Gasteiger partial charge on any atom is 0.337 e. The Morgan fingerprint density at radius 1 is 1.12 bits per heavy atom. The number of rotatable bonds is 3. The number of carboxylic acid groups (broad SMARTS) is 1. The fraction of sp³-hybridized carbons (Fsp3) is 0. The molecule has 2 aromatic carbocycles. The molecule has 0 radical (unpaired) electrons. The van der Waals surface area contributed by atoms with Crippen LogP contribution in [0.25, 0.3) is 0 Å². The Morgan fingerprint density at radius 2 is 1.75 bits per heavy atom. The Labute approximate surface area is 166 Å². The number of amides is 1. The van der Waals surface area contributed by atoms with E-state index in [1.165, 1.54) is 12.1 Å². The molecule has 24 heavy (non-hydrogen) atoms. The molecule has 0 heterocycles. The van der Waals surface area contributed by atoms with E-state index in [-0.39, 0.29) is 26.4 Å². The van der Waals surface area contributed by atoms with E-state index in [0.717, 1.165) is 3.57 Å². The minimum Gasteiger partial charge on any atom is -0.478 e. The van der Waals surface area contributed by atoms with Gasteiger partial charge in [-0.15, -0.1) is 0 Å². The summed E-state index contributed by atoms with van der Waals surface area (Å²) in [4.78, 5) is 23.4. The number of carbonyl (C=O) groups excluding carboxylic acids is 1. The molecule has 0 unspecified atom stereocenters. The van der Waals surface area contributed by atoms with Gasteiger partial charge in [-0.05, 0) is 71.2 Å². The van der Waals surface area contributed by atoms with Gasteiger partial charge in [-0.2, -0.15) is 0 Å². The van der Waals surface area contributed by atoms with Gasteiger partial charge in [0, 0.05) is 14.2 Å². The number of anilines is 1. The maximum atomic E-state index is 12.1. The van der Waals surface area contributed by atoms with E-state index in [4.69, 9.17) is 35.4 Å². The smallest absolute Gasteiger partial charge is 0.337 e. The maximum absolute atomic E-state index is 12.1. The Balaban J connectivity index is 2.17. The zero-order valence-corrected chi connectivity index (χ0v) is 16.3. The van der Waals surface area contributed by atoms with E-state index < -0.39 is 11.9 Å². The predicted octanol–water partition coefficient (Wildman–Crippen LogP) is 4.42. The minimum absolute atomic E-state index is 0.0569. The third kappa shape index (κ3) is 4.79. The van der Waals surface area contributed by atoms with Crippen LogP contribution in [0.4, 0.5) is 5.69 Å². The highest BCUT2D eigenvalue weighted by atomic mass is 127. The molecule has 0 aromatic heterocycles. The quantitative estimate of drug-likeness (QED) is 0.434. The van der Waals surface area contributed by atoms with Crippen LogP contribution < -0.4 is 10.6 Å². The van der Waals surface area contributed by atoms with E-state index in [1.807, 2.05) is 0 Å². The second-order valence-corrected chi connectivity index (χ2v) is 7.03. The molecule has 0 spiro atoms. The minimum atomic E-state index is -1.23. The number of aromatic carboxylic acids is 1. The molecular weight excluding hydrogens is 486 g/mol. The van der Waals surface area contributed by atoms with Crippen molar-refractivity contribution in [3.63, 3.8) is 0 Å². The largest absolute Gasteiger partial charge is 0.478 e. The van der Waals surface area contributed by atoms with Crippen LogP contribution in [0.5, 0.6) is 0 Å². The summed E-state index contributed by atoms with van der Waals surface area (Å²) in [5, 5.41) is 14.5. The standard InChI is InChI=1S/C15H9Cl2IN2O3S/c16-8-5-10(14(22)23)12(11(17)6-8)19-15(24)20-13(21)7-1-3-9(18)4-2-7/h1-6H,(H,22,23)(H2,19,20,21,24). The molecule has 0 saturated carbocycles. The molecule has 9 heteroatoms. The van der Waals surface area contributed by atoms with Crippen molar-refractivity contribution in [1.29, 1.82) is 0 Å². The zero-order valence-electron chi connectivity index (χ0n) is 11.8. The number of carbonyl (C=O) groups is 2. The molecule has 0 bridgehead atoms. The number of halogens is 3. The van der Waals surface area contributed by atoms with Gasteiger partial charge in [0.1, 0.15) is 0 Å². The van der Waals surface area contributed by atoms with Crippen LogP contribution in [0, 0.1) is 3.57 Å². The van der Waals surface area contributed by atoms with Crippen molar-refractivity contribution in [3.8, 4) is 0 Å². The van der Waals surface area contributed by atoms with Crippen molar-refractivity contribution >= 4 is 80.7 Å². The molecule has 1 amide bonds. The first kappa shape index (κ1) is 18.9. The van der Waals surface area contributed by atoms with E-state index in [1.54, 1.807) is 24.3 Å². The van der Waals surface area contributed by atoms with Crippen LogP contribution >= 0.6 is 58.0 Å². The van der Waals surface area contributed by atoms with Crippen molar-refractivity contribution in [3.05, 3.63) is 61.1 Å². The topological polar surface area (TPSA) is 78.4 Å². The van der Waals surface area contributed by atoms with Gasteiger partial charge in [0.2, 0.25) is 0 Å². The van der Waals surface area contributed by atoms with Crippen molar-refractivity contribution in [2.75, 3.05) is 5.32 Å². The molecule has 2 rings (SSSR count). The zero-order chi connectivity index (χ0) is 17.9. The molecule has 0 saturated heterocycles. The first-order valence-corrected chi connectivity index (χ1v) is 8.62. The number of carboxylic acids is 1. The highest BCUT2D eigenvalue weighted by molar-refractivity contribution is 14.1. The summed E-state index contributed by atoms with van der Waals surface area (Å²) in [6.07, 6.45) is 0. The molecule has 0 aliphatic carbocycles. The molecule has 3 N–H and O–H groups in total. The molecule has 0 aliphatic rings. The molecule has 0 fully saturated rings. The number of nitrogens with one attached hydrogen (secondary N) is 2. The van der Waals surface area contributed by atoms with Crippen molar-refractivity contribution in [2.45, 2.75) is 0 Å². The van der Waals surface area contributed by atoms with Crippen molar-refractivity contribution in [2.24, 2.45) is 0 Å². The van der Waals surface area contributed by atoms with Gasteiger partial charge in [0.25, 0.3) is 5.91 Å². The van der Waals surface area contributed by atoms with Crippen LogP contribution in [0.1, 0.15) is 20.7 Å². The Hall–Kier alpha value is -1.42. The highest BCUT2D eigenvalue weighted by Gasteiger charge is 2.17. The lowest BCUT2D eigenvalue weighted by molar-refractivity contribution is 0.0698. The molecule has 124 valence electrons. The van der Waals surface area contributed by atoms with E-state index in [0.29, 0.717) is 5.56 Å². The third-order valence-electron chi connectivity index (χ3n) is 2.86. The summed E-state index contributed by atoms with van der Waals surface area (Å²) in [6.45, 7) is 0. The Kier molecular flexibility index (Phi) is 6.39. The van der Waals surface area contributed by atoms with Crippen LogP contribution in [0.15, 0.2) is 36.4 Å². The van der Waals surface area contributed by atoms with Gasteiger partial charge < -0.3 is 10.4 Å². The highest BCUT2D eigenvalue weighted by Crippen LogP contribution is 2.30. The second kappa shape index (κ2) is 8.11. The van der Waals surface area contributed by atoms with Gasteiger partial charge in [-0.1, -0.05) is 23.2 Å². The average molecular weight is 495 g/mol. The van der Waals surface area contributed by atoms with Crippen molar-refractivity contribution in [1.82, 2.24) is 5.32 Å². The number of hydrogen-bond acceptors (Lipinski definition) is 3. The molecule has 0 atom stereocenters. The summed E-state index contributed by atoms with van der Waals surface area (Å²) in [7, 11) is 0. The third-order valence-corrected chi connectivity index (χ3v) is 4.30. The molecular formula is C15H9Cl2IN2O3S. The lowest BCUT2D eigenvalue weighted by atomic mass is 10.2. The predicted molar refractivity (Wildman–Crippen MR) is 106 cm³/mol. The SMILES string of the molecule is O=C(NC(=S)Nc1c(Cl)cc(Cl)cc1C(=O)O)c1ccc(I)cc1. The summed E-state index contributed by atoms with van der Waals surface area (Å²) >= 11 is 19.0. The number of benzene rings is 2. The van der Waals surface area contributed by atoms with E-state index >= 15 is 0 Å². The Morgan fingerprint density at radius 3 is 2.33 bits per heavy atom. The van der Waals surface area contributed by atoms with Gasteiger partial charge in [-0.25, -0.2) is 4.79 Å². The fourth-order valence-corrected chi connectivity index (χ4v) is 2.89. The lowest BCUT2D eigenvalue weighted by Crippen LogP contribution is -2.34. The molecule has 0 aliphatic heterocycles. The van der Waals surface area contributed by atoms with Crippen LogP contribution in [0.2, 0.25) is 10.0 Å². The van der Waals surface area contributed by atoms with Crippen LogP contribution in [-0.2, 0) is 0 Å². The van der Waals surface area contributed by atoms with E-state index in [2.05, 4.69) is 33.2 Å². The normalized spacial score (nSPS) is 10.1. The number of thiocarbonyl (C=S) groups is 1. The van der Waals surface area contributed by atoms with E-state index in [9.17, 15) is 14.7 Å². The monoisotopic (exact) mass is 494 g/mol. The molecule has 5 nitrogen and oxygen atoms in total. The van der Waals surface area contributed by atoms with Crippen LogP contribution in [-0.4, -0.2) is 22.1 Å². The summed E-state index contributed by atoms with van der Waals surface area (Å²) in [5.74, 6) is -1.65. The number of hydrogen-bond donors (Lipinski definition) is 3. The van der Waals surface area contributed by atoms with Crippen molar-refractivity contribution < 1.29 is 14.7 Å². The summed E-state index contributed by atoms with van der Waals surface area (Å²) in [6, 6.07) is 9.48. The summed E-state index contributed by atoms with van der Waals surface area (Å²) in [5.41, 5.74) is 0.320. The first-order chi connectivity index (χ1) is 11.3. The lowest BCUT2D eigenvalue weighted by Gasteiger charge is -2.13. The second-order valence-electron chi connectivity index (χ2n) is 4.53. The first-order valence-electron chi connectivity index (χ1n) is 6.38.